The maximum Gasteiger partial charge on any atom is 0.138 e. The first-order valence-electron chi connectivity index (χ1n) is 2.07. The molecule has 0 aliphatic rings. The summed E-state index contributed by atoms with van der Waals surface area (Å²) in [5.41, 5.74) is 0. The van der Waals surface area contributed by atoms with E-state index in [0.717, 1.165) is 0 Å². The van der Waals surface area contributed by atoms with Crippen molar-refractivity contribution in [3.8, 4) is 0 Å². The van der Waals surface area contributed by atoms with Crippen molar-refractivity contribution >= 4 is 0 Å². The summed E-state index contributed by atoms with van der Waals surface area (Å²) in [6, 6.07) is -0.854. The summed E-state index contributed by atoms with van der Waals surface area (Å²) >= 11 is 0. The third-order valence-corrected chi connectivity index (χ3v) is 0.645. The Bertz CT molecular complexity index is 84.6. The topological polar surface area (TPSA) is 79.1 Å². The van der Waals surface area contributed by atoms with Crippen LogP contribution in [0, 0.1) is 9.81 Å². The first-order valence-corrected chi connectivity index (χ1v) is 2.07. The molecular weight excluding hydrogens is 112 g/mol. The molecule has 0 aliphatic carbocycles. The van der Waals surface area contributed by atoms with Crippen molar-refractivity contribution < 1.29 is 5.11 Å². The van der Waals surface area contributed by atoms with Crippen molar-refractivity contribution in [3.05, 3.63) is 9.81 Å². The largest absolute Gasteiger partial charge is 0.394 e. The quantitative estimate of drug-likeness (QED) is 0.522. The zero-order valence-electron chi connectivity index (χ0n) is 4.15. The van der Waals surface area contributed by atoms with E-state index in [0.29, 0.717) is 0 Å². The Morgan fingerprint density at radius 1 is 1.50 bits per heavy atom. The van der Waals surface area contributed by atoms with Gasteiger partial charge in [-0.05, 0) is 0 Å². The molecule has 5 nitrogen and oxygen atoms in total. The number of hydrogen-bond acceptors (Lipinski definition) is 5. The van der Waals surface area contributed by atoms with Crippen molar-refractivity contribution in [2.24, 2.45) is 10.4 Å². The van der Waals surface area contributed by atoms with E-state index in [1.54, 1.807) is 0 Å². The fourth-order valence-electron chi connectivity index (χ4n) is 0.210. The Morgan fingerprint density at radius 2 is 2.12 bits per heavy atom. The molecule has 0 fully saturated rings. The Morgan fingerprint density at radius 3 is 2.25 bits per heavy atom. The van der Waals surface area contributed by atoms with Crippen molar-refractivity contribution in [3.63, 3.8) is 0 Å². The molecule has 0 aromatic rings. The molecule has 0 bridgehead atoms. The highest BCUT2D eigenvalue weighted by atomic mass is 16.3. The molecule has 0 aliphatic heterocycles. The molecule has 5 heteroatoms. The van der Waals surface area contributed by atoms with Crippen LogP contribution in [0.2, 0.25) is 0 Å². The van der Waals surface area contributed by atoms with Gasteiger partial charge in [-0.15, -0.1) is 0 Å². The summed E-state index contributed by atoms with van der Waals surface area (Å²) in [7, 11) is 0. The van der Waals surface area contributed by atoms with Crippen LogP contribution < -0.4 is 0 Å². The lowest BCUT2D eigenvalue weighted by atomic mass is 10.3. The van der Waals surface area contributed by atoms with Crippen LogP contribution in [-0.2, 0) is 0 Å². The van der Waals surface area contributed by atoms with Crippen LogP contribution in [0.4, 0.5) is 0 Å². The van der Waals surface area contributed by atoms with Gasteiger partial charge in [-0.1, -0.05) is 10.4 Å². The second-order valence-corrected chi connectivity index (χ2v) is 1.25. The average Bonchev–Trinajstić information content (AvgIpc) is 1.83. The van der Waals surface area contributed by atoms with Crippen LogP contribution in [-0.4, -0.2) is 24.3 Å². The van der Waals surface area contributed by atoms with E-state index in [2.05, 4.69) is 10.4 Å². The van der Waals surface area contributed by atoms with E-state index in [9.17, 15) is 9.81 Å². The van der Waals surface area contributed by atoms with Gasteiger partial charge in [0.25, 0.3) is 0 Å². The van der Waals surface area contributed by atoms with Gasteiger partial charge in [0.15, 0.2) is 0 Å². The lowest BCUT2D eigenvalue weighted by molar-refractivity contribution is 0.268. The molecule has 0 aromatic carbocycles. The highest BCUT2D eigenvalue weighted by molar-refractivity contribution is 4.64. The molecule has 0 saturated heterocycles. The minimum Gasteiger partial charge on any atom is -0.394 e. The molecule has 0 saturated carbocycles. The standard InChI is InChI=1S/C3H6N2O3/c6-2-3(5-8)1-4-7/h3,6H,1-2H2. The second kappa shape index (κ2) is 4.32. The number of aliphatic hydroxyl groups is 1. The third kappa shape index (κ3) is 2.35. The van der Waals surface area contributed by atoms with E-state index in [1.165, 1.54) is 0 Å². The first kappa shape index (κ1) is 7.16. The normalized spacial score (nSPS) is 12.6. The Balaban J connectivity index is 3.35. The van der Waals surface area contributed by atoms with Crippen LogP contribution in [0.25, 0.3) is 0 Å². The Kier molecular flexibility index (Phi) is 3.87. The SMILES string of the molecule is O=NCC(CO)N=O. The van der Waals surface area contributed by atoms with Gasteiger partial charge in [-0.2, -0.15) is 9.81 Å². The zero-order chi connectivity index (χ0) is 6.41. The minimum absolute atomic E-state index is 0.236. The highest BCUT2D eigenvalue weighted by Gasteiger charge is 2.04. The summed E-state index contributed by atoms with van der Waals surface area (Å²) in [5, 5.41) is 12.9. The Labute approximate surface area is 45.7 Å². The smallest absolute Gasteiger partial charge is 0.138 e. The first-order chi connectivity index (χ1) is 3.85. The van der Waals surface area contributed by atoms with Gasteiger partial charge in [0.2, 0.25) is 0 Å². The van der Waals surface area contributed by atoms with Gasteiger partial charge in [0.1, 0.15) is 12.6 Å². The fourth-order valence-corrected chi connectivity index (χ4v) is 0.210. The molecule has 0 heterocycles. The highest BCUT2D eigenvalue weighted by Crippen LogP contribution is 1.87. The average molecular weight is 118 g/mol. The predicted molar refractivity (Wildman–Crippen MR) is 27.3 cm³/mol. The van der Waals surface area contributed by atoms with Gasteiger partial charge in [-0.3, -0.25) is 0 Å². The minimum atomic E-state index is -0.854. The summed E-state index contributed by atoms with van der Waals surface area (Å²) in [4.78, 5) is 18.9. The lowest BCUT2D eigenvalue weighted by Gasteiger charge is -1.93. The van der Waals surface area contributed by atoms with Crippen LogP contribution in [0.15, 0.2) is 10.4 Å². The fraction of sp³-hybridized carbons (Fsp3) is 1.00. The molecule has 0 radical (unpaired) electrons. The summed E-state index contributed by atoms with van der Waals surface area (Å²) in [6.07, 6.45) is 0. The predicted octanol–water partition coefficient (Wildman–Crippen LogP) is -0.120. The summed E-state index contributed by atoms with van der Waals surface area (Å²) in [5.74, 6) is 0. The van der Waals surface area contributed by atoms with Crippen molar-refractivity contribution in [1.29, 1.82) is 0 Å². The van der Waals surface area contributed by atoms with E-state index >= 15 is 0 Å². The van der Waals surface area contributed by atoms with E-state index < -0.39 is 12.6 Å². The van der Waals surface area contributed by atoms with E-state index in [4.69, 9.17) is 5.11 Å². The van der Waals surface area contributed by atoms with Crippen molar-refractivity contribution in [2.75, 3.05) is 13.2 Å². The molecule has 0 aromatic heterocycles. The second-order valence-electron chi connectivity index (χ2n) is 1.25. The summed E-state index contributed by atoms with van der Waals surface area (Å²) in [6.45, 7) is -0.644. The van der Waals surface area contributed by atoms with Crippen LogP contribution >= 0.6 is 0 Å². The molecule has 46 valence electrons. The molecule has 1 unspecified atom stereocenters. The number of nitrogens with zero attached hydrogens (tertiary/aromatic N) is 2. The van der Waals surface area contributed by atoms with E-state index in [-0.39, 0.29) is 6.54 Å². The number of hydrogen-bond donors (Lipinski definition) is 1. The van der Waals surface area contributed by atoms with Gasteiger partial charge in [-0.25, -0.2) is 0 Å². The third-order valence-electron chi connectivity index (χ3n) is 0.645. The number of nitroso groups, excluding NO2 is 2. The Hall–Kier alpha value is -0.840. The zero-order valence-corrected chi connectivity index (χ0v) is 4.15. The molecule has 0 amide bonds. The maximum absolute atomic E-state index is 9.52. The summed E-state index contributed by atoms with van der Waals surface area (Å²) < 4.78 is 0. The maximum atomic E-state index is 9.52. The molecule has 1 N–H and O–H groups in total. The van der Waals surface area contributed by atoms with Crippen LogP contribution in [0.3, 0.4) is 0 Å². The van der Waals surface area contributed by atoms with Crippen molar-refractivity contribution in [1.82, 2.24) is 0 Å². The molecule has 0 spiro atoms. The van der Waals surface area contributed by atoms with Crippen LogP contribution in [0.1, 0.15) is 0 Å². The van der Waals surface area contributed by atoms with Crippen molar-refractivity contribution in [2.45, 2.75) is 6.04 Å². The molecule has 0 rings (SSSR count). The number of rotatable bonds is 4. The van der Waals surface area contributed by atoms with Gasteiger partial charge in [0, 0.05) is 0 Å². The molecular formula is C3H6N2O3. The monoisotopic (exact) mass is 118 g/mol. The molecule has 1 atom stereocenters. The number of aliphatic hydroxyl groups excluding tert-OH is 1. The van der Waals surface area contributed by atoms with Crippen LogP contribution in [0.5, 0.6) is 0 Å². The van der Waals surface area contributed by atoms with Gasteiger partial charge in [0.05, 0.1) is 6.61 Å². The van der Waals surface area contributed by atoms with E-state index in [1.807, 2.05) is 0 Å². The van der Waals surface area contributed by atoms with Gasteiger partial charge < -0.3 is 5.11 Å². The molecule has 8 heavy (non-hydrogen) atoms. The lowest BCUT2D eigenvalue weighted by Crippen LogP contribution is -2.12. The van der Waals surface area contributed by atoms with Gasteiger partial charge >= 0.3 is 0 Å².